The predicted octanol–water partition coefficient (Wildman–Crippen LogP) is 4.42. The quantitative estimate of drug-likeness (QED) is 0.304. The lowest BCUT2D eigenvalue weighted by Gasteiger charge is -2.45. The molecular weight excluding hydrogens is 436 g/mol. The molecule has 9 nitrogen and oxygen atoms in total. The summed E-state index contributed by atoms with van der Waals surface area (Å²) in [5, 5.41) is 13.5. The van der Waals surface area contributed by atoms with Gasteiger partial charge in [-0.3, -0.25) is 19.8 Å². The number of nitro benzene ring substituents is 1. The van der Waals surface area contributed by atoms with E-state index < -0.39 is 16.9 Å². The minimum absolute atomic E-state index is 0.00513. The number of anilines is 1. The molecule has 178 valence electrons. The van der Waals surface area contributed by atoms with E-state index in [9.17, 15) is 19.7 Å². The number of methoxy groups -OCH3 is 1. The first-order valence-corrected chi connectivity index (χ1v) is 11.1. The van der Waals surface area contributed by atoms with Gasteiger partial charge in [0.2, 0.25) is 0 Å². The third-order valence-electron chi connectivity index (χ3n) is 6.73. The first kappa shape index (κ1) is 23.3. The highest BCUT2D eigenvalue weighted by atomic mass is 16.6. The Morgan fingerprint density at radius 1 is 1.24 bits per heavy atom. The van der Waals surface area contributed by atoms with Gasteiger partial charge in [-0.2, -0.15) is 0 Å². The molecule has 9 heteroatoms. The Hall–Kier alpha value is -3.88. The molecule has 1 atom stereocenters. The zero-order valence-electron chi connectivity index (χ0n) is 19.9. The average Bonchev–Trinajstić information content (AvgIpc) is 3.04. The van der Waals surface area contributed by atoms with Crippen LogP contribution in [0.5, 0.6) is 5.75 Å². The summed E-state index contributed by atoms with van der Waals surface area (Å²) in [6.45, 7) is 6.62. The summed E-state index contributed by atoms with van der Waals surface area (Å²) < 4.78 is 5.62. The fraction of sp³-hybridized carbons (Fsp3) is 0.360. The number of urea groups is 1. The maximum absolute atomic E-state index is 13.0. The summed E-state index contributed by atoms with van der Waals surface area (Å²) in [5.41, 5.74) is 3.68. The normalized spacial score (nSPS) is 20.4. The fourth-order valence-corrected chi connectivity index (χ4v) is 4.68. The summed E-state index contributed by atoms with van der Waals surface area (Å²) in [7, 11) is 3.65. The first-order valence-electron chi connectivity index (χ1n) is 11.1. The molecule has 2 aliphatic heterocycles. The van der Waals surface area contributed by atoms with Crippen LogP contribution in [0, 0.1) is 10.1 Å². The zero-order chi connectivity index (χ0) is 24.8. The lowest BCUT2D eigenvalue weighted by Crippen LogP contribution is -2.45. The van der Waals surface area contributed by atoms with Crippen molar-refractivity contribution in [3.8, 4) is 5.75 Å². The second-order valence-electron chi connectivity index (χ2n) is 9.43. The molecule has 1 saturated heterocycles. The van der Waals surface area contributed by atoms with Crippen LogP contribution in [0.4, 0.5) is 16.2 Å². The van der Waals surface area contributed by atoms with Gasteiger partial charge in [-0.05, 0) is 49.5 Å². The Balaban J connectivity index is 1.63. The molecule has 0 saturated carbocycles. The van der Waals surface area contributed by atoms with Crippen molar-refractivity contribution in [3.05, 3.63) is 68.9 Å². The molecule has 0 bridgehead atoms. The molecule has 2 aliphatic rings. The largest absolute Gasteiger partial charge is 0.496 e. The number of rotatable bonds is 5. The Bertz CT molecular complexity index is 1200. The van der Waals surface area contributed by atoms with E-state index in [1.54, 1.807) is 13.2 Å². The van der Waals surface area contributed by atoms with E-state index in [2.05, 4.69) is 38.0 Å². The van der Waals surface area contributed by atoms with Gasteiger partial charge in [0.05, 0.1) is 18.6 Å². The van der Waals surface area contributed by atoms with Crippen LogP contribution in [0.25, 0.3) is 6.08 Å². The molecular formula is C25H28N4O5. The fourth-order valence-electron chi connectivity index (χ4n) is 4.68. The number of amides is 3. The lowest BCUT2D eigenvalue weighted by molar-refractivity contribution is -0.384. The molecule has 2 heterocycles. The molecule has 0 aliphatic carbocycles. The number of nitro groups is 1. The van der Waals surface area contributed by atoms with Gasteiger partial charge in [-0.25, -0.2) is 4.79 Å². The van der Waals surface area contributed by atoms with Crippen LogP contribution in [0.3, 0.4) is 0 Å². The van der Waals surface area contributed by atoms with Crippen molar-refractivity contribution in [2.45, 2.75) is 45.2 Å². The summed E-state index contributed by atoms with van der Waals surface area (Å²) in [6, 6.07) is 9.23. The Kier molecular flexibility index (Phi) is 5.80. The number of nitrogens with one attached hydrogen (secondary N) is 1. The Labute approximate surface area is 198 Å². The number of carbonyl (C=O) groups is 2. The van der Waals surface area contributed by atoms with Crippen LogP contribution >= 0.6 is 0 Å². The number of nitrogens with zero attached hydrogens (tertiary/aromatic N) is 3. The Morgan fingerprint density at radius 2 is 1.91 bits per heavy atom. The van der Waals surface area contributed by atoms with Crippen molar-refractivity contribution in [3.63, 3.8) is 0 Å². The Morgan fingerprint density at radius 3 is 2.53 bits per heavy atom. The summed E-state index contributed by atoms with van der Waals surface area (Å²) >= 11 is 0. The van der Waals surface area contributed by atoms with Crippen molar-refractivity contribution < 1.29 is 19.2 Å². The number of imide groups is 1. The predicted molar refractivity (Wildman–Crippen MR) is 129 cm³/mol. The van der Waals surface area contributed by atoms with E-state index in [1.165, 1.54) is 24.3 Å². The van der Waals surface area contributed by atoms with Crippen LogP contribution in [0.1, 0.15) is 49.8 Å². The van der Waals surface area contributed by atoms with Crippen LogP contribution in [-0.2, 0) is 11.3 Å². The second-order valence-corrected chi connectivity index (χ2v) is 9.43. The molecule has 0 spiro atoms. The molecule has 0 radical (unpaired) electrons. The molecule has 2 aromatic rings. The van der Waals surface area contributed by atoms with Gasteiger partial charge in [0.15, 0.2) is 0 Å². The third kappa shape index (κ3) is 4.09. The highest BCUT2D eigenvalue weighted by molar-refractivity contribution is 6.14. The maximum atomic E-state index is 13.0. The minimum atomic E-state index is -0.540. The first-order chi connectivity index (χ1) is 16.0. The molecule has 3 amide bonds. The van der Waals surface area contributed by atoms with Gasteiger partial charge in [-0.15, -0.1) is 0 Å². The van der Waals surface area contributed by atoms with Crippen LogP contribution < -0.4 is 15.0 Å². The number of fused-ring (bicyclic) bond motifs is 1. The standard InChI is InChI=1S/C25H28N4O5/c1-15-13-25(2,3)27(4)21-12-22(34-5)17(10-19(15)21)11-20-23(30)28(24(31)26-20)14-16-6-8-18(9-7-16)29(32)33/h6-12,15H,13-14H2,1-5H3,(H,26,31)/b20-11+. The van der Waals surface area contributed by atoms with Crippen LogP contribution in [0.15, 0.2) is 42.1 Å². The van der Waals surface area contributed by atoms with E-state index in [-0.39, 0.29) is 23.5 Å². The van der Waals surface area contributed by atoms with E-state index in [0.29, 0.717) is 22.8 Å². The minimum Gasteiger partial charge on any atom is -0.496 e. The van der Waals surface area contributed by atoms with Crippen molar-refractivity contribution >= 4 is 29.4 Å². The van der Waals surface area contributed by atoms with Gasteiger partial charge in [0, 0.05) is 42.0 Å². The highest BCUT2D eigenvalue weighted by Gasteiger charge is 2.36. The number of carbonyl (C=O) groups excluding carboxylic acids is 2. The van der Waals surface area contributed by atoms with E-state index in [0.717, 1.165) is 22.6 Å². The van der Waals surface area contributed by atoms with E-state index in [1.807, 2.05) is 12.1 Å². The maximum Gasteiger partial charge on any atom is 0.329 e. The topological polar surface area (TPSA) is 105 Å². The van der Waals surface area contributed by atoms with Gasteiger partial charge >= 0.3 is 6.03 Å². The third-order valence-corrected chi connectivity index (χ3v) is 6.73. The summed E-state index contributed by atoms with van der Waals surface area (Å²) in [5.74, 6) is 0.463. The molecule has 0 aromatic heterocycles. The molecule has 2 aromatic carbocycles. The van der Waals surface area contributed by atoms with Crippen molar-refractivity contribution in [2.24, 2.45) is 0 Å². The van der Waals surface area contributed by atoms with E-state index in [4.69, 9.17) is 4.74 Å². The SMILES string of the molecule is COc1cc2c(cc1/C=C1/NC(=O)N(Cc3ccc([N+](=O)[O-])cc3)C1=O)C(C)CC(C)(C)N2C. The van der Waals surface area contributed by atoms with Gasteiger partial charge < -0.3 is 15.0 Å². The number of ether oxygens (including phenoxy) is 1. The van der Waals surface area contributed by atoms with E-state index >= 15 is 0 Å². The number of benzene rings is 2. The van der Waals surface area contributed by atoms with Crippen LogP contribution in [-0.4, -0.2) is 41.5 Å². The molecule has 4 rings (SSSR count). The number of non-ortho nitro benzene ring substituents is 1. The number of hydrogen-bond acceptors (Lipinski definition) is 6. The van der Waals surface area contributed by atoms with Crippen molar-refractivity contribution in [2.75, 3.05) is 19.1 Å². The summed E-state index contributed by atoms with van der Waals surface area (Å²) in [6.07, 6.45) is 2.62. The molecule has 1 N–H and O–H groups in total. The van der Waals surface area contributed by atoms with Gasteiger partial charge in [-0.1, -0.05) is 19.1 Å². The van der Waals surface area contributed by atoms with Crippen molar-refractivity contribution in [1.82, 2.24) is 10.2 Å². The van der Waals surface area contributed by atoms with Gasteiger partial charge in [0.1, 0.15) is 11.4 Å². The van der Waals surface area contributed by atoms with Crippen LogP contribution in [0.2, 0.25) is 0 Å². The average molecular weight is 465 g/mol. The van der Waals surface area contributed by atoms with Crippen molar-refractivity contribution in [1.29, 1.82) is 0 Å². The zero-order valence-corrected chi connectivity index (χ0v) is 19.9. The molecule has 1 fully saturated rings. The monoisotopic (exact) mass is 464 g/mol. The van der Waals surface area contributed by atoms with Gasteiger partial charge in [0.25, 0.3) is 11.6 Å². The molecule has 34 heavy (non-hydrogen) atoms. The summed E-state index contributed by atoms with van der Waals surface area (Å²) in [4.78, 5) is 39.2. The highest BCUT2D eigenvalue weighted by Crippen LogP contribution is 2.45. The smallest absolute Gasteiger partial charge is 0.329 e. The second kappa shape index (κ2) is 8.48. The molecule has 1 unspecified atom stereocenters. The lowest BCUT2D eigenvalue weighted by atomic mass is 9.80. The number of hydrogen-bond donors (Lipinski definition) is 1.